The Hall–Kier alpha value is -1.59. The van der Waals surface area contributed by atoms with E-state index in [4.69, 9.17) is 17.3 Å². The van der Waals surface area contributed by atoms with E-state index in [0.29, 0.717) is 10.7 Å². The fraction of sp³-hybridized carbons (Fsp3) is 0.429. The summed E-state index contributed by atoms with van der Waals surface area (Å²) in [5.41, 5.74) is 6.54. The lowest BCUT2D eigenvalue weighted by molar-refractivity contribution is -0.135. The van der Waals surface area contributed by atoms with Crippen molar-refractivity contribution in [1.82, 2.24) is 5.32 Å². The molecule has 0 aliphatic carbocycles. The summed E-state index contributed by atoms with van der Waals surface area (Å²) in [6.07, 6.45) is 0. The van der Waals surface area contributed by atoms with Crippen LogP contribution in [-0.4, -0.2) is 23.9 Å². The number of hydrogen-bond donors (Lipinski definition) is 2. The molecule has 2 amide bonds. The number of benzene rings is 1. The van der Waals surface area contributed by atoms with Crippen molar-refractivity contribution in [2.45, 2.75) is 32.4 Å². The van der Waals surface area contributed by atoms with Crippen LogP contribution in [0, 0.1) is 0 Å². The average Bonchev–Trinajstić information content (AvgIpc) is 2.34. The number of halogens is 1. The third-order valence-electron chi connectivity index (χ3n) is 3.57. The van der Waals surface area contributed by atoms with E-state index in [0.717, 1.165) is 5.56 Å². The Bertz CT molecular complexity index is 570. The standard InChI is InChI=1S/C14H18ClN3O2/c1-8(16)9-4-5-11(10(15)6-9)18-7-12(19)17-13(20)14(18,2)3/h4-6,8H,7,16H2,1-3H3,(H,17,19,20)/t8-/m0/s1. The maximum absolute atomic E-state index is 12.0. The van der Waals surface area contributed by atoms with Crippen LogP contribution < -0.4 is 16.0 Å². The minimum atomic E-state index is -0.840. The summed E-state index contributed by atoms with van der Waals surface area (Å²) < 4.78 is 0. The Morgan fingerprint density at radius 2 is 2.05 bits per heavy atom. The highest BCUT2D eigenvalue weighted by atomic mass is 35.5. The van der Waals surface area contributed by atoms with Crippen LogP contribution in [0.5, 0.6) is 0 Å². The molecule has 20 heavy (non-hydrogen) atoms. The Balaban J connectivity index is 2.44. The van der Waals surface area contributed by atoms with E-state index in [1.54, 1.807) is 30.9 Å². The molecule has 0 aromatic heterocycles. The molecular weight excluding hydrogens is 278 g/mol. The highest BCUT2D eigenvalue weighted by Gasteiger charge is 2.41. The smallest absolute Gasteiger partial charge is 0.251 e. The topological polar surface area (TPSA) is 75.4 Å². The van der Waals surface area contributed by atoms with Gasteiger partial charge in [-0.25, -0.2) is 0 Å². The second kappa shape index (κ2) is 5.07. The summed E-state index contributed by atoms with van der Waals surface area (Å²) >= 11 is 6.29. The molecule has 1 aliphatic rings. The van der Waals surface area contributed by atoms with Crippen molar-refractivity contribution in [1.29, 1.82) is 0 Å². The van der Waals surface area contributed by atoms with E-state index >= 15 is 0 Å². The summed E-state index contributed by atoms with van der Waals surface area (Å²) in [6.45, 7) is 5.47. The van der Waals surface area contributed by atoms with Crippen molar-refractivity contribution < 1.29 is 9.59 Å². The highest BCUT2D eigenvalue weighted by Crippen LogP contribution is 2.34. The van der Waals surface area contributed by atoms with Gasteiger partial charge < -0.3 is 10.6 Å². The minimum absolute atomic E-state index is 0.0932. The molecule has 6 heteroatoms. The van der Waals surface area contributed by atoms with E-state index in [1.807, 2.05) is 13.0 Å². The lowest BCUT2D eigenvalue weighted by Gasteiger charge is -2.42. The number of anilines is 1. The van der Waals surface area contributed by atoms with Gasteiger partial charge in [0.2, 0.25) is 5.91 Å². The first-order chi connectivity index (χ1) is 9.23. The molecule has 5 nitrogen and oxygen atoms in total. The van der Waals surface area contributed by atoms with E-state index in [1.165, 1.54) is 0 Å². The first-order valence-electron chi connectivity index (χ1n) is 6.40. The first-order valence-corrected chi connectivity index (χ1v) is 6.78. The number of nitrogens with two attached hydrogens (primary N) is 1. The fourth-order valence-electron chi connectivity index (χ4n) is 2.19. The van der Waals surface area contributed by atoms with Gasteiger partial charge in [0.15, 0.2) is 0 Å². The van der Waals surface area contributed by atoms with Gasteiger partial charge in [-0.1, -0.05) is 17.7 Å². The second-order valence-corrected chi connectivity index (χ2v) is 5.93. The molecule has 0 radical (unpaired) electrons. The van der Waals surface area contributed by atoms with Crippen LogP contribution in [0.4, 0.5) is 5.69 Å². The van der Waals surface area contributed by atoms with E-state index < -0.39 is 5.54 Å². The van der Waals surface area contributed by atoms with Gasteiger partial charge >= 0.3 is 0 Å². The zero-order valence-electron chi connectivity index (χ0n) is 11.7. The predicted octanol–water partition coefficient (Wildman–Crippen LogP) is 1.60. The van der Waals surface area contributed by atoms with Crippen molar-refractivity contribution >= 4 is 29.1 Å². The van der Waals surface area contributed by atoms with Gasteiger partial charge in [0, 0.05) is 6.04 Å². The minimum Gasteiger partial charge on any atom is -0.347 e. The molecule has 0 spiro atoms. The molecule has 0 saturated carbocycles. The third kappa shape index (κ3) is 2.51. The molecule has 1 aromatic carbocycles. The second-order valence-electron chi connectivity index (χ2n) is 5.52. The van der Waals surface area contributed by atoms with Crippen LogP contribution in [0.25, 0.3) is 0 Å². The summed E-state index contributed by atoms with van der Waals surface area (Å²) in [7, 11) is 0. The maximum Gasteiger partial charge on any atom is 0.251 e. The Morgan fingerprint density at radius 1 is 1.40 bits per heavy atom. The zero-order chi connectivity index (χ0) is 15.1. The number of carbonyl (C=O) groups is 2. The van der Waals surface area contributed by atoms with Crippen LogP contribution in [0.15, 0.2) is 18.2 Å². The zero-order valence-corrected chi connectivity index (χ0v) is 12.5. The van der Waals surface area contributed by atoms with Gasteiger partial charge in [0.1, 0.15) is 5.54 Å². The lowest BCUT2D eigenvalue weighted by Crippen LogP contribution is -2.64. The summed E-state index contributed by atoms with van der Waals surface area (Å²) in [5.74, 6) is -0.664. The highest BCUT2D eigenvalue weighted by molar-refractivity contribution is 6.33. The number of imide groups is 1. The summed E-state index contributed by atoms with van der Waals surface area (Å²) in [4.78, 5) is 25.3. The summed E-state index contributed by atoms with van der Waals surface area (Å²) in [6, 6.07) is 5.31. The molecular formula is C14H18ClN3O2. The van der Waals surface area contributed by atoms with Gasteiger partial charge in [-0.2, -0.15) is 0 Å². The monoisotopic (exact) mass is 295 g/mol. The fourth-order valence-corrected chi connectivity index (χ4v) is 2.49. The first kappa shape index (κ1) is 14.8. The Kier molecular flexibility index (Phi) is 3.75. The number of amides is 2. The number of rotatable bonds is 2. The largest absolute Gasteiger partial charge is 0.347 e. The Morgan fingerprint density at radius 3 is 2.60 bits per heavy atom. The van der Waals surface area contributed by atoms with Crippen molar-refractivity contribution in [2.24, 2.45) is 5.73 Å². The number of piperazine rings is 1. The number of carbonyl (C=O) groups excluding carboxylic acids is 2. The molecule has 1 aromatic rings. The van der Waals surface area contributed by atoms with Crippen LogP contribution in [-0.2, 0) is 9.59 Å². The molecule has 108 valence electrons. The molecule has 1 fully saturated rings. The molecule has 2 rings (SSSR count). The molecule has 0 bridgehead atoms. The molecule has 1 saturated heterocycles. The van der Waals surface area contributed by atoms with Crippen LogP contribution in [0.1, 0.15) is 32.4 Å². The average molecular weight is 296 g/mol. The lowest BCUT2D eigenvalue weighted by atomic mass is 9.97. The van der Waals surface area contributed by atoms with Gasteiger partial charge in [-0.05, 0) is 38.5 Å². The van der Waals surface area contributed by atoms with Gasteiger partial charge in [0.05, 0.1) is 17.3 Å². The van der Waals surface area contributed by atoms with Gasteiger partial charge in [-0.15, -0.1) is 0 Å². The molecule has 1 atom stereocenters. The van der Waals surface area contributed by atoms with E-state index in [2.05, 4.69) is 5.32 Å². The Labute approximate surface area is 123 Å². The number of hydrogen-bond acceptors (Lipinski definition) is 4. The SMILES string of the molecule is C[C@H](N)c1ccc(N2CC(=O)NC(=O)C2(C)C)c(Cl)c1. The van der Waals surface area contributed by atoms with Crippen molar-refractivity contribution in [3.8, 4) is 0 Å². The summed E-state index contributed by atoms with van der Waals surface area (Å²) in [5, 5.41) is 2.82. The molecule has 1 heterocycles. The number of nitrogens with zero attached hydrogens (tertiary/aromatic N) is 1. The predicted molar refractivity (Wildman–Crippen MR) is 78.6 cm³/mol. The molecule has 3 N–H and O–H groups in total. The molecule has 0 unspecified atom stereocenters. The van der Waals surface area contributed by atoms with E-state index in [9.17, 15) is 9.59 Å². The van der Waals surface area contributed by atoms with Crippen LogP contribution in [0.3, 0.4) is 0 Å². The van der Waals surface area contributed by atoms with Crippen LogP contribution >= 0.6 is 11.6 Å². The maximum atomic E-state index is 12.0. The van der Waals surface area contributed by atoms with Crippen molar-refractivity contribution in [2.75, 3.05) is 11.4 Å². The van der Waals surface area contributed by atoms with Crippen molar-refractivity contribution in [3.63, 3.8) is 0 Å². The normalized spacial score (nSPS) is 19.8. The third-order valence-corrected chi connectivity index (χ3v) is 3.88. The van der Waals surface area contributed by atoms with Gasteiger partial charge in [-0.3, -0.25) is 14.9 Å². The van der Waals surface area contributed by atoms with Gasteiger partial charge in [0.25, 0.3) is 5.91 Å². The van der Waals surface area contributed by atoms with Crippen molar-refractivity contribution in [3.05, 3.63) is 28.8 Å². The quantitative estimate of drug-likeness (QED) is 0.813. The van der Waals surface area contributed by atoms with Crippen LogP contribution in [0.2, 0.25) is 5.02 Å². The van der Waals surface area contributed by atoms with E-state index in [-0.39, 0.29) is 24.4 Å². The molecule has 1 aliphatic heterocycles. The number of nitrogens with one attached hydrogen (secondary N) is 1.